The summed E-state index contributed by atoms with van der Waals surface area (Å²) in [6, 6.07) is 8.04. The molecule has 0 aliphatic rings. The molecule has 1 aromatic carbocycles. The van der Waals surface area contributed by atoms with E-state index in [2.05, 4.69) is 24.2 Å². The molecule has 104 valence electrons. The number of carbonyl (C=O) groups is 1. The standard InChI is InChI=1S/C16H18N2OS/c1-3-11-18(12-4-2)16(19)10-9-15-17-13-7-5-6-8-14(13)20-15/h3-8H,1-2,9-12H2. The van der Waals surface area contributed by atoms with Crippen LogP contribution < -0.4 is 0 Å². The molecule has 4 heteroatoms. The molecule has 2 rings (SSSR count). The van der Waals surface area contributed by atoms with E-state index >= 15 is 0 Å². The molecule has 0 atom stereocenters. The number of hydrogen-bond donors (Lipinski definition) is 0. The molecule has 0 aliphatic carbocycles. The molecule has 0 spiro atoms. The fourth-order valence-electron chi connectivity index (χ4n) is 1.99. The molecule has 2 aromatic rings. The first-order valence-corrected chi connectivity index (χ1v) is 7.40. The summed E-state index contributed by atoms with van der Waals surface area (Å²) in [6.45, 7) is 8.47. The average Bonchev–Trinajstić information content (AvgIpc) is 2.87. The third-order valence-electron chi connectivity index (χ3n) is 2.94. The SMILES string of the molecule is C=CCN(CC=C)C(=O)CCc1nc2ccccc2s1. The van der Waals surface area contributed by atoms with Gasteiger partial charge in [-0.1, -0.05) is 24.3 Å². The summed E-state index contributed by atoms with van der Waals surface area (Å²) >= 11 is 1.66. The number of fused-ring (bicyclic) bond motifs is 1. The Balaban J connectivity index is 1.98. The number of thiazole rings is 1. The van der Waals surface area contributed by atoms with Crippen molar-refractivity contribution in [2.24, 2.45) is 0 Å². The molecule has 0 N–H and O–H groups in total. The van der Waals surface area contributed by atoms with Crippen LogP contribution in [0.25, 0.3) is 10.2 Å². The van der Waals surface area contributed by atoms with Crippen molar-refractivity contribution >= 4 is 27.5 Å². The maximum Gasteiger partial charge on any atom is 0.223 e. The predicted octanol–water partition coefficient (Wildman–Crippen LogP) is 3.43. The predicted molar refractivity (Wildman–Crippen MR) is 84.9 cm³/mol. The summed E-state index contributed by atoms with van der Waals surface area (Å²) in [4.78, 5) is 18.4. The lowest BCUT2D eigenvalue weighted by molar-refractivity contribution is -0.130. The van der Waals surface area contributed by atoms with Crippen LogP contribution in [0.5, 0.6) is 0 Å². The molecule has 1 amide bonds. The fraction of sp³-hybridized carbons (Fsp3) is 0.250. The monoisotopic (exact) mass is 286 g/mol. The maximum absolute atomic E-state index is 12.1. The topological polar surface area (TPSA) is 33.2 Å². The lowest BCUT2D eigenvalue weighted by Crippen LogP contribution is -2.31. The number of benzene rings is 1. The van der Waals surface area contributed by atoms with Crippen LogP contribution in [0.15, 0.2) is 49.6 Å². The molecule has 1 aromatic heterocycles. The minimum atomic E-state index is 0.115. The molecular formula is C16H18N2OS. The van der Waals surface area contributed by atoms with Gasteiger partial charge in [0.05, 0.1) is 15.2 Å². The number of aromatic nitrogens is 1. The minimum Gasteiger partial charge on any atom is -0.335 e. The van der Waals surface area contributed by atoms with E-state index < -0.39 is 0 Å². The van der Waals surface area contributed by atoms with Crippen molar-refractivity contribution in [2.45, 2.75) is 12.8 Å². The van der Waals surface area contributed by atoms with Crippen molar-refractivity contribution in [1.29, 1.82) is 0 Å². The van der Waals surface area contributed by atoms with E-state index in [1.54, 1.807) is 28.4 Å². The Kier molecular flexibility index (Phi) is 5.07. The number of nitrogens with zero attached hydrogens (tertiary/aromatic N) is 2. The van der Waals surface area contributed by atoms with Crippen LogP contribution in [0, 0.1) is 0 Å². The molecule has 20 heavy (non-hydrogen) atoms. The Morgan fingerprint density at radius 2 is 1.95 bits per heavy atom. The summed E-state index contributed by atoms with van der Waals surface area (Å²) in [5, 5.41) is 1.01. The lowest BCUT2D eigenvalue weighted by atomic mass is 10.2. The van der Waals surface area contributed by atoms with Crippen molar-refractivity contribution in [1.82, 2.24) is 9.88 Å². The van der Waals surface area contributed by atoms with Crippen LogP contribution >= 0.6 is 11.3 Å². The van der Waals surface area contributed by atoms with Gasteiger partial charge in [-0.2, -0.15) is 0 Å². The fourth-order valence-corrected chi connectivity index (χ4v) is 2.96. The quantitative estimate of drug-likeness (QED) is 0.731. The first kappa shape index (κ1) is 14.5. The Labute approximate surface area is 123 Å². The van der Waals surface area contributed by atoms with Crippen molar-refractivity contribution in [2.75, 3.05) is 13.1 Å². The van der Waals surface area contributed by atoms with E-state index in [1.807, 2.05) is 18.2 Å². The van der Waals surface area contributed by atoms with Crippen LogP contribution in [0.2, 0.25) is 0 Å². The third kappa shape index (κ3) is 3.54. The summed E-state index contributed by atoms with van der Waals surface area (Å²) in [5.74, 6) is 0.115. The summed E-state index contributed by atoms with van der Waals surface area (Å²) in [7, 11) is 0. The Bertz CT molecular complexity index is 575. The first-order chi connectivity index (χ1) is 9.74. The molecular weight excluding hydrogens is 268 g/mol. The van der Waals surface area contributed by atoms with E-state index in [9.17, 15) is 4.79 Å². The second kappa shape index (κ2) is 7.01. The number of rotatable bonds is 7. The van der Waals surface area contributed by atoms with Gasteiger partial charge < -0.3 is 4.90 Å². The maximum atomic E-state index is 12.1. The highest BCUT2D eigenvalue weighted by Gasteiger charge is 2.12. The van der Waals surface area contributed by atoms with Crippen LogP contribution in [0.4, 0.5) is 0 Å². The van der Waals surface area contributed by atoms with Crippen LogP contribution in [0.1, 0.15) is 11.4 Å². The van der Waals surface area contributed by atoms with E-state index in [0.29, 0.717) is 25.9 Å². The highest BCUT2D eigenvalue weighted by molar-refractivity contribution is 7.18. The highest BCUT2D eigenvalue weighted by Crippen LogP contribution is 2.22. The second-order valence-electron chi connectivity index (χ2n) is 4.45. The van der Waals surface area contributed by atoms with Gasteiger partial charge in [0, 0.05) is 25.9 Å². The van der Waals surface area contributed by atoms with Gasteiger partial charge in [0.2, 0.25) is 5.91 Å². The molecule has 0 saturated heterocycles. The van der Waals surface area contributed by atoms with Gasteiger partial charge in [0.15, 0.2) is 0 Å². The summed E-state index contributed by atoms with van der Waals surface area (Å²) < 4.78 is 1.17. The van der Waals surface area contributed by atoms with Crippen molar-refractivity contribution < 1.29 is 4.79 Å². The largest absolute Gasteiger partial charge is 0.335 e. The highest BCUT2D eigenvalue weighted by atomic mass is 32.1. The van der Waals surface area contributed by atoms with E-state index in [4.69, 9.17) is 0 Å². The zero-order valence-electron chi connectivity index (χ0n) is 11.4. The number of aryl methyl sites for hydroxylation is 1. The van der Waals surface area contributed by atoms with Crippen LogP contribution in [-0.4, -0.2) is 28.9 Å². The molecule has 0 bridgehead atoms. The normalized spacial score (nSPS) is 10.4. The van der Waals surface area contributed by atoms with Crippen molar-refractivity contribution in [3.8, 4) is 0 Å². The summed E-state index contributed by atoms with van der Waals surface area (Å²) in [5.41, 5.74) is 1.01. The minimum absolute atomic E-state index is 0.115. The summed E-state index contributed by atoms with van der Waals surface area (Å²) in [6.07, 6.45) is 4.63. The average molecular weight is 286 g/mol. The molecule has 1 heterocycles. The van der Waals surface area contributed by atoms with Gasteiger partial charge >= 0.3 is 0 Å². The van der Waals surface area contributed by atoms with E-state index in [1.165, 1.54) is 4.70 Å². The molecule has 0 aliphatic heterocycles. The Morgan fingerprint density at radius 3 is 2.60 bits per heavy atom. The number of carbonyl (C=O) groups excluding carboxylic acids is 1. The zero-order valence-corrected chi connectivity index (χ0v) is 12.2. The Morgan fingerprint density at radius 1 is 1.25 bits per heavy atom. The number of para-hydroxylation sites is 1. The van der Waals surface area contributed by atoms with E-state index in [-0.39, 0.29) is 5.91 Å². The van der Waals surface area contributed by atoms with Crippen molar-refractivity contribution in [3.05, 3.63) is 54.6 Å². The molecule has 0 saturated carbocycles. The molecule has 0 fully saturated rings. The second-order valence-corrected chi connectivity index (χ2v) is 5.57. The van der Waals surface area contributed by atoms with Gasteiger partial charge in [0.1, 0.15) is 0 Å². The van der Waals surface area contributed by atoms with Gasteiger partial charge in [-0.3, -0.25) is 4.79 Å². The molecule has 3 nitrogen and oxygen atoms in total. The van der Waals surface area contributed by atoms with Crippen LogP contribution in [0.3, 0.4) is 0 Å². The Hall–Kier alpha value is -1.94. The van der Waals surface area contributed by atoms with Gasteiger partial charge in [-0.15, -0.1) is 24.5 Å². The lowest BCUT2D eigenvalue weighted by Gasteiger charge is -2.18. The van der Waals surface area contributed by atoms with E-state index in [0.717, 1.165) is 10.5 Å². The number of hydrogen-bond acceptors (Lipinski definition) is 3. The molecule has 0 unspecified atom stereocenters. The molecule has 0 radical (unpaired) electrons. The smallest absolute Gasteiger partial charge is 0.223 e. The van der Waals surface area contributed by atoms with Gasteiger partial charge in [0.25, 0.3) is 0 Å². The number of amides is 1. The van der Waals surface area contributed by atoms with Gasteiger partial charge in [-0.05, 0) is 12.1 Å². The third-order valence-corrected chi connectivity index (χ3v) is 4.04. The van der Waals surface area contributed by atoms with Gasteiger partial charge in [-0.25, -0.2) is 4.98 Å². The zero-order chi connectivity index (χ0) is 14.4. The van der Waals surface area contributed by atoms with Crippen molar-refractivity contribution in [3.63, 3.8) is 0 Å². The first-order valence-electron chi connectivity index (χ1n) is 6.58. The van der Waals surface area contributed by atoms with Crippen LogP contribution in [-0.2, 0) is 11.2 Å².